The van der Waals surface area contributed by atoms with Crippen LogP contribution in [0.5, 0.6) is 5.75 Å². The first-order valence-corrected chi connectivity index (χ1v) is 6.85. The van der Waals surface area contributed by atoms with Crippen molar-refractivity contribution in [2.24, 2.45) is 0 Å². The van der Waals surface area contributed by atoms with Gasteiger partial charge < -0.3 is 14.5 Å². The molecule has 5 heteroatoms. The van der Waals surface area contributed by atoms with Crippen LogP contribution >= 0.6 is 0 Å². The third-order valence-corrected chi connectivity index (χ3v) is 3.12. The van der Waals surface area contributed by atoms with Crippen molar-refractivity contribution in [2.75, 3.05) is 12.4 Å². The van der Waals surface area contributed by atoms with Gasteiger partial charge in [0, 0.05) is 6.92 Å². The summed E-state index contributed by atoms with van der Waals surface area (Å²) in [5.74, 6) is 1.15. The minimum Gasteiger partial charge on any atom is -0.495 e. The summed E-state index contributed by atoms with van der Waals surface area (Å²) in [5.41, 5.74) is 2.31. The lowest BCUT2D eigenvalue weighted by molar-refractivity contribution is 0.0993. The fourth-order valence-electron chi connectivity index (χ4n) is 2.10. The summed E-state index contributed by atoms with van der Waals surface area (Å²) in [7, 11) is 1.57. The molecule has 0 spiro atoms. The molecule has 0 aliphatic heterocycles. The number of aryl methyl sites for hydroxylation is 2. The number of rotatable bonds is 4. The first-order valence-electron chi connectivity index (χ1n) is 6.85. The first-order chi connectivity index (χ1) is 9.92. The maximum atomic E-state index is 12.4. The number of nitrogens with one attached hydrogen (secondary N) is 1. The normalized spacial score (nSPS) is 10.8. The second-order valence-corrected chi connectivity index (χ2v) is 5.26. The van der Waals surface area contributed by atoms with E-state index < -0.39 is 0 Å². The van der Waals surface area contributed by atoms with Crippen LogP contribution in [0.1, 0.15) is 47.5 Å². The van der Waals surface area contributed by atoms with Crippen molar-refractivity contribution < 1.29 is 13.9 Å². The van der Waals surface area contributed by atoms with Crippen molar-refractivity contribution in [2.45, 2.75) is 33.6 Å². The van der Waals surface area contributed by atoms with Crippen molar-refractivity contribution in [3.63, 3.8) is 0 Å². The summed E-state index contributed by atoms with van der Waals surface area (Å²) in [6.07, 6.45) is 0. The maximum absolute atomic E-state index is 12.4. The van der Waals surface area contributed by atoms with Crippen LogP contribution in [0.25, 0.3) is 0 Å². The fourth-order valence-corrected chi connectivity index (χ4v) is 2.10. The van der Waals surface area contributed by atoms with Crippen LogP contribution in [0.3, 0.4) is 0 Å². The van der Waals surface area contributed by atoms with E-state index in [0.29, 0.717) is 23.0 Å². The Morgan fingerprint density at radius 2 is 2.05 bits per heavy atom. The molecule has 0 aliphatic carbocycles. The molecule has 0 saturated carbocycles. The minimum absolute atomic E-state index is 0.114. The third kappa shape index (κ3) is 3.24. The van der Waals surface area contributed by atoms with Gasteiger partial charge in [0.2, 0.25) is 5.76 Å². The van der Waals surface area contributed by atoms with Gasteiger partial charge in [0.05, 0.1) is 18.5 Å². The molecule has 0 fully saturated rings. The van der Waals surface area contributed by atoms with E-state index in [1.807, 2.05) is 39.0 Å². The Labute approximate surface area is 124 Å². The van der Waals surface area contributed by atoms with Crippen LogP contribution < -0.4 is 10.1 Å². The quantitative estimate of drug-likeness (QED) is 0.932. The lowest BCUT2D eigenvalue weighted by Crippen LogP contribution is -2.14. The summed E-state index contributed by atoms with van der Waals surface area (Å²) in [5, 5.41) is 2.83. The number of hydrogen-bond donors (Lipinski definition) is 1. The highest BCUT2D eigenvalue weighted by Crippen LogP contribution is 2.27. The number of aromatic nitrogens is 1. The molecule has 0 saturated heterocycles. The van der Waals surface area contributed by atoms with E-state index in [9.17, 15) is 4.79 Å². The molecule has 1 aromatic carbocycles. The van der Waals surface area contributed by atoms with E-state index >= 15 is 0 Å². The average molecular weight is 288 g/mol. The molecular formula is C16H20N2O3. The summed E-state index contributed by atoms with van der Waals surface area (Å²) < 4.78 is 10.7. The van der Waals surface area contributed by atoms with Gasteiger partial charge in [-0.05, 0) is 30.5 Å². The molecule has 1 N–H and O–H groups in total. The molecule has 21 heavy (non-hydrogen) atoms. The van der Waals surface area contributed by atoms with E-state index in [0.717, 1.165) is 5.56 Å². The predicted octanol–water partition coefficient (Wildman–Crippen LogP) is 3.68. The largest absolute Gasteiger partial charge is 0.495 e. The second-order valence-electron chi connectivity index (χ2n) is 5.26. The third-order valence-electron chi connectivity index (χ3n) is 3.12. The Morgan fingerprint density at radius 3 is 2.67 bits per heavy atom. The van der Waals surface area contributed by atoms with Gasteiger partial charge >= 0.3 is 0 Å². The molecule has 2 aromatic rings. The number of nitrogens with zero attached hydrogens (tertiary/aromatic N) is 1. The number of carbonyl (C=O) groups excluding carboxylic acids is 1. The highest BCUT2D eigenvalue weighted by Gasteiger charge is 2.22. The summed E-state index contributed by atoms with van der Waals surface area (Å²) in [6.45, 7) is 7.63. The van der Waals surface area contributed by atoms with E-state index in [2.05, 4.69) is 10.3 Å². The van der Waals surface area contributed by atoms with Gasteiger partial charge in [-0.1, -0.05) is 19.9 Å². The highest BCUT2D eigenvalue weighted by atomic mass is 16.5. The zero-order valence-electron chi connectivity index (χ0n) is 13.0. The monoisotopic (exact) mass is 288 g/mol. The van der Waals surface area contributed by atoms with E-state index in [1.54, 1.807) is 14.0 Å². The zero-order valence-corrected chi connectivity index (χ0v) is 13.0. The molecule has 0 unspecified atom stereocenters. The second kappa shape index (κ2) is 5.99. The minimum atomic E-state index is -0.316. The van der Waals surface area contributed by atoms with Crippen LogP contribution in [0, 0.1) is 13.8 Å². The summed E-state index contributed by atoms with van der Waals surface area (Å²) in [4.78, 5) is 16.7. The molecular weight excluding hydrogens is 268 g/mol. The molecule has 112 valence electrons. The van der Waals surface area contributed by atoms with Gasteiger partial charge in [-0.3, -0.25) is 4.79 Å². The standard InChI is InChI=1S/C16H20N2O3/c1-9(2)14-15(21-11(4)17-14)16(19)18-12-8-10(3)6-7-13(12)20-5/h6-9H,1-5H3,(H,18,19). The smallest absolute Gasteiger partial charge is 0.293 e. The molecule has 2 rings (SSSR count). The Hall–Kier alpha value is -2.30. The van der Waals surface area contributed by atoms with Crippen LogP contribution in [0.15, 0.2) is 22.6 Å². The van der Waals surface area contributed by atoms with Gasteiger partial charge in [-0.2, -0.15) is 0 Å². The number of ether oxygens (including phenoxy) is 1. The molecule has 1 heterocycles. The lowest BCUT2D eigenvalue weighted by Gasteiger charge is -2.11. The summed E-state index contributed by atoms with van der Waals surface area (Å²) >= 11 is 0. The maximum Gasteiger partial charge on any atom is 0.293 e. The molecule has 1 aromatic heterocycles. The van der Waals surface area contributed by atoms with E-state index in [-0.39, 0.29) is 17.6 Å². The first kappa shape index (κ1) is 15.1. The van der Waals surface area contributed by atoms with Crippen molar-refractivity contribution in [3.8, 4) is 5.75 Å². The van der Waals surface area contributed by atoms with Gasteiger partial charge in [0.15, 0.2) is 5.89 Å². The molecule has 0 radical (unpaired) electrons. The van der Waals surface area contributed by atoms with Gasteiger partial charge in [-0.25, -0.2) is 4.98 Å². The van der Waals surface area contributed by atoms with Crippen molar-refractivity contribution in [1.29, 1.82) is 0 Å². The van der Waals surface area contributed by atoms with Gasteiger partial charge in [-0.15, -0.1) is 0 Å². The Kier molecular flexibility index (Phi) is 4.31. The molecule has 0 aliphatic rings. The van der Waals surface area contributed by atoms with Gasteiger partial charge in [0.1, 0.15) is 5.75 Å². The van der Waals surface area contributed by atoms with Crippen LogP contribution in [0.4, 0.5) is 5.69 Å². The number of amides is 1. The average Bonchev–Trinajstić information content (AvgIpc) is 2.81. The van der Waals surface area contributed by atoms with Crippen LogP contribution in [0.2, 0.25) is 0 Å². The molecule has 5 nitrogen and oxygen atoms in total. The lowest BCUT2D eigenvalue weighted by atomic mass is 10.1. The molecule has 1 amide bonds. The molecule has 0 atom stereocenters. The van der Waals surface area contributed by atoms with Gasteiger partial charge in [0.25, 0.3) is 5.91 Å². The zero-order chi connectivity index (χ0) is 15.6. The number of benzene rings is 1. The van der Waals surface area contributed by atoms with E-state index in [4.69, 9.17) is 9.15 Å². The van der Waals surface area contributed by atoms with Crippen LogP contribution in [-0.4, -0.2) is 18.0 Å². The number of carbonyl (C=O) groups is 1. The Bertz CT molecular complexity index is 660. The summed E-state index contributed by atoms with van der Waals surface area (Å²) in [6, 6.07) is 5.60. The number of anilines is 1. The topological polar surface area (TPSA) is 64.4 Å². The van der Waals surface area contributed by atoms with Crippen molar-refractivity contribution >= 4 is 11.6 Å². The van der Waals surface area contributed by atoms with E-state index in [1.165, 1.54) is 0 Å². The number of methoxy groups -OCH3 is 1. The number of hydrogen-bond acceptors (Lipinski definition) is 4. The van der Waals surface area contributed by atoms with Crippen molar-refractivity contribution in [1.82, 2.24) is 4.98 Å². The highest BCUT2D eigenvalue weighted by molar-refractivity contribution is 6.04. The Balaban J connectivity index is 2.32. The SMILES string of the molecule is COc1ccc(C)cc1NC(=O)c1oc(C)nc1C(C)C. The number of oxazole rings is 1. The Morgan fingerprint density at radius 1 is 1.33 bits per heavy atom. The fraction of sp³-hybridized carbons (Fsp3) is 0.375. The van der Waals surface area contributed by atoms with Crippen molar-refractivity contribution in [3.05, 3.63) is 41.1 Å². The van der Waals surface area contributed by atoms with Crippen LogP contribution in [-0.2, 0) is 0 Å². The molecule has 0 bridgehead atoms. The predicted molar refractivity (Wildman–Crippen MR) is 81.0 cm³/mol.